The Bertz CT molecular complexity index is 1020. The van der Waals surface area contributed by atoms with Crippen LogP contribution < -0.4 is 5.32 Å². The van der Waals surface area contributed by atoms with Gasteiger partial charge in [0.1, 0.15) is 23.7 Å². The van der Waals surface area contributed by atoms with E-state index in [9.17, 15) is 29.1 Å². The number of β-lactam (4-membered cyclic amide) rings is 1. The number of hydrogen-bond donors (Lipinski definition) is 3. The van der Waals surface area contributed by atoms with Crippen LogP contribution in [0.1, 0.15) is 17.3 Å². The Hall–Kier alpha value is -3.67. The first-order valence-corrected chi connectivity index (χ1v) is 9.97. The molecule has 0 bridgehead atoms. The maximum Gasteiger partial charge on any atom is 0.352 e. The van der Waals surface area contributed by atoms with Crippen LogP contribution in [0.2, 0.25) is 0 Å². The number of Topliss-reactive ketones (excluding diaryl/α,β-unsaturated/α-hetero) is 1. The first kappa shape index (κ1) is 22.0. The summed E-state index contributed by atoms with van der Waals surface area (Å²) in [4.78, 5) is 61.2. The third-order valence-corrected chi connectivity index (χ3v) is 5.89. The molecule has 1 aromatic carbocycles. The molecule has 0 spiro atoms. The summed E-state index contributed by atoms with van der Waals surface area (Å²) in [6.07, 6.45) is 0. The van der Waals surface area contributed by atoms with Gasteiger partial charge in [-0.05, 0) is 0 Å². The normalized spacial score (nSPS) is 20.5. The number of hydrogen-bond acceptors (Lipinski definition) is 9. The SMILES string of the molecule is CC(=O)OCC1=C(C(=O)O)N2C(=O)[C@@H](NC(=O)C(=NO)C(=O)c3ccccc3)[C@@H]2SC1. The van der Waals surface area contributed by atoms with Gasteiger partial charge in [-0.1, -0.05) is 35.5 Å². The minimum atomic E-state index is -1.37. The Kier molecular flexibility index (Phi) is 6.39. The molecule has 3 N–H and O–H groups in total. The Labute approximate surface area is 179 Å². The molecule has 2 atom stereocenters. The molecule has 2 heterocycles. The summed E-state index contributed by atoms with van der Waals surface area (Å²) in [5.41, 5.74) is -0.746. The fourth-order valence-electron chi connectivity index (χ4n) is 3.11. The van der Waals surface area contributed by atoms with Crippen molar-refractivity contribution in [2.24, 2.45) is 5.16 Å². The van der Waals surface area contributed by atoms with E-state index in [1.807, 2.05) is 0 Å². The smallest absolute Gasteiger partial charge is 0.352 e. The minimum Gasteiger partial charge on any atom is -0.477 e. The van der Waals surface area contributed by atoms with E-state index in [1.54, 1.807) is 18.2 Å². The Morgan fingerprint density at radius 2 is 1.94 bits per heavy atom. The summed E-state index contributed by atoms with van der Waals surface area (Å²) < 4.78 is 4.85. The number of nitrogens with one attached hydrogen (secondary N) is 1. The second-order valence-electron chi connectivity index (χ2n) is 6.54. The maximum absolute atomic E-state index is 12.6. The molecule has 0 aromatic heterocycles. The number of ketones is 1. The van der Waals surface area contributed by atoms with E-state index in [-0.39, 0.29) is 29.2 Å². The quantitative estimate of drug-likeness (QED) is 0.0993. The second-order valence-corrected chi connectivity index (χ2v) is 7.65. The number of esters is 1. The van der Waals surface area contributed by atoms with E-state index in [0.717, 1.165) is 16.7 Å². The van der Waals surface area contributed by atoms with Crippen molar-refractivity contribution in [2.75, 3.05) is 12.4 Å². The Balaban J connectivity index is 1.75. The number of carboxylic acid groups (broad SMARTS) is 1. The predicted octanol–water partition coefficient (Wildman–Crippen LogP) is 0.00120. The van der Waals surface area contributed by atoms with Gasteiger partial charge in [0.25, 0.3) is 11.8 Å². The molecule has 0 radical (unpaired) electrons. The monoisotopic (exact) mass is 447 g/mol. The van der Waals surface area contributed by atoms with Gasteiger partial charge in [0.05, 0.1) is 0 Å². The number of benzene rings is 1. The summed E-state index contributed by atoms with van der Waals surface area (Å²) in [6, 6.07) is 6.55. The lowest BCUT2D eigenvalue weighted by molar-refractivity contribution is -0.150. The lowest BCUT2D eigenvalue weighted by atomic mass is 10.0. The molecule has 1 saturated heterocycles. The number of carbonyl (C=O) groups is 5. The topological polar surface area (TPSA) is 163 Å². The van der Waals surface area contributed by atoms with Gasteiger partial charge >= 0.3 is 11.9 Å². The number of ether oxygens (including phenoxy) is 1. The third-order valence-electron chi connectivity index (χ3n) is 4.55. The first-order chi connectivity index (χ1) is 14.8. The molecule has 0 saturated carbocycles. The molecule has 162 valence electrons. The molecule has 2 aliphatic rings. The standard InChI is InChI=1S/C19H17N3O8S/c1-9(23)30-7-11-8-31-18-13(17(26)22(18)14(11)19(27)28)20-16(25)12(21-29)15(24)10-5-3-2-4-6-10/h2-6,13,18,29H,7-8H2,1H3,(H,20,25)(H,27,28)/t13-,18+/m1/s1. The van der Waals surface area contributed by atoms with Crippen LogP contribution in [0.25, 0.3) is 0 Å². The first-order valence-electron chi connectivity index (χ1n) is 8.92. The second kappa shape index (κ2) is 9.00. The number of rotatable bonds is 7. The van der Waals surface area contributed by atoms with Gasteiger partial charge in [-0.3, -0.25) is 24.1 Å². The fourth-order valence-corrected chi connectivity index (χ4v) is 4.44. The lowest BCUT2D eigenvalue weighted by Gasteiger charge is -2.49. The van der Waals surface area contributed by atoms with Crippen molar-refractivity contribution in [1.29, 1.82) is 0 Å². The average Bonchev–Trinajstić information content (AvgIpc) is 2.76. The van der Waals surface area contributed by atoms with Crippen molar-refractivity contribution in [1.82, 2.24) is 10.2 Å². The van der Waals surface area contributed by atoms with Crippen LogP contribution >= 0.6 is 11.8 Å². The van der Waals surface area contributed by atoms with Crippen molar-refractivity contribution < 1.29 is 39.0 Å². The van der Waals surface area contributed by atoms with E-state index in [4.69, 9.17) is 9.94 Å². The highest BCUT2D eigenvalue weighted by molar-refractivity contribution is 8.00. The van der Waals surface area contributed by atoms with Crippen LogP contribution in [0.15, 0.2) is 46.8 Å². The molecule has 0 unspecified atom stereocenters. The van der Waals surface area contributed by atoms with E-state index in [1.165, 1.54) is 19.1 Å². The number of nitrogens with zero attached hydrogens (tertiary/aromatic N) is 2. The lowest BCUT2D eigenvalue weighted by Crippen LogP contribution is -2.71. The molecule has 11 nitrogen and oxygen atoms in total. The Morgan fingerprint density at radius 1 is 1.26 bits per heavy atom. The molecule has 1 aromatic rings. The highest BCUT2D eigenvalue weighted by atomic mass is 32.2. The number of carbonyl (C=O) groups excluding carboxylic acids is 4. The fraction of sp³-hybridized carbons (Fsp3) is 0.263. The zero-order valence-electron chi connectivity index (χ0n) is 16.1. The van der Waals surface area contributed by atoms with Gasteiger partial charge in [-0.15, -0.1) is 11.8 Å². The van der Waals surface area contributed by atoms with Gasteiger partial charge in [-0.25, -0.2) is 4.79 Å². The van der Waals surface area contributed by atoms with Crippen LogP contribution in [0, 0.1) is 0 Å². The van der Waals surface area contributed by atoms with Crippen molar-refractivity contribution in [2.45, 2.75) is 18.3 Å². The summed E-state index contributed by atoms with van der Waals surface area (Å²) in [7, 11) is 0. The minimum absolute atomic E-state index is 0.116. The summed E-state index contributed by atoms with van der Waals surface area (Å²) in [6.45, 7) is 0.904. The van der Waals surface area contributed by atoms with E-state index >= 15 is 0 Å². The third kappa shape index (κ3) is 4.28. The molecule has 1 fully saturated rings. The van der Waals surface area contributed by atoms with E-state index in [2.05, 4.69) is 10.5 Å². The predicted molar refractivity (Wildman–Crippen MR) is 106 cm³/mol. The van der Waals surface area contributed by atoms with Gasteiger partial charge < -0.3 is 20.4 Å². The molecule has 2 aliphatic heterocycles. The van der Waals surface area contributed by atoms with Crippen molar-refractivity contribution in [3.05, 3.63) is 47.2 Å². The molecule has 0 aliphatic carbocycles. The van der Waals surface area contributed by atoms with Crippen molar-refractivity contribution in [3.8, 4) is 0 Å². The highest BCUT2D eigenvalue weighted by Crippen LogP contribution is 2.40. The number of aliphatic carboxylic acids is 1. The van der Waals surface area contributed by atoms with Crippen molar-refractivity contribution in [3.63, 3.8) is 0 Å². The summed E-state index contributed by atoms with van der Waals surface area (Å²) >= 11 is 1.16. The zero-order chi connectivity index (χ0) is 22.7. The Morgan fingerprint density at radius 3 is 2.52 bits per heavy atom. The largest absolute Gasteiger partial charge is 0.477 e. The van der Waals surface area contributed by atoms with Crippen LogP contribution in [0.3, 0.4) is 0 Å². The molecule has 12 heteroatoms. The van der Waals surface area contributed by atoms with Crippen molar-refractivity contribution >= 4 is 47.0 Å². The molecule has 31 heavy (non-hydrogen) atoms. The summed E-state index contributed by atoms with van der Waals surface area (Å²) in [5.74, 6) is -4.44. The number of carboxylic acids is 1. The summed E-state index contributed by atoms with van der Waals surface area (Å²) in [5, 5.41) is 23.0. The van der Waals surface area contributed by atoms with E-state index in [0.29, 0.717) is 0 Å². The number of oxime groups is 1. The van der Waals surface area contributed by atoms with Crippen LogP contribution in [0.4, 0.5) is 0 Å². The van der Waals surface area contributed by atoms with Crippen LogP contribution in [0.5, 0.6) is 0 Å². The highest BCUT2D eigenvalue weighted by Gasteiger charge is 2.54. The molecule has 2 amide bonds. The van der Waals surface area contributed by atoms with Gasteiger partial charge in [0, 0.05) is 23.8 Å². The molecular weight excluding hydrogens is 430 g/mol. The molecular formula is C19H17N3O8S. The number of fused-ring (bicyclic) bond motifs is 1. The zero-order valence-corrected chi connectivity index (χ0v) is 16.9. The molecule has 3 rings (SSSR count). The van der Waals surface area contributed by atoms with Crippen LogP contribution in [-0.4, -0.2) is 74.2 Å². The average molecular weight is 447 g/mol. The van der Waals surface area contributed by atoms with Gasteiger partial charge in [0.2, 0.25) is 11.5 Å². The van der Waals surface area contributed by atoms with E-state index < -0.39 is 46.7 Å². The number of thioether (sulfide) groups is 1. The van der Waals surface area contributed by atoms with Crippen LogP contribution in [-0.2, 0) is 23.9 Å². The number of amides is 2. The van der Waals surface area contributed by atoms with Gasteiger partial charge in [-0.2, -0.15) is 0 Å². The van der Waals surface area contributed by atoms with Gasteiger partial charge in [0.15, 0.2) is 0 Å². The maximum atomic E-state index is 12.6.